The number of hydrogen-bond donors (Lipinski definition) is 1. The van der Waals surface area contributed by atoms with Crippen LogP contribution in [0.3, 0.4) is 0 Å². The Hall–Kier alpha value is -1.16. The van der Waals surface area contributed by atoms with Gasteiger partial charge >= 0.3 is 0 Å². The monoisotopic (exact) mass is 284 g/mol. The molecule has 2 atom stereocenters. The van der Waals surface area contributed by atoms with E-state index in [0.29, 0.717) is 17.9 Å². The second kappa shape index (κ2) is 7.02. The van der Waals surface area contributed by atoms with Gasteiger partial charge < -0.3 is 10.6 Å². The van der Waals surface area contributed by atoms with E-state index >= 15 is 0 Å². The van der Waals surface area contributed by atoms with Gasteiger partial charge in [-0.2, -0.15) is 0 Å². The summed E-state index contributed by atoms with van der Waals surface area (Å²) >= 11 is 0. The fraction of sp³-hybridized carbons (Fsp3) is 0.625. The van der Waals surface area contributed by atoms with Crippen LogP contribution in [0.1, 0.15) is 39.7 Å². The van der Waals surface area contributed by atoms with E-state index in [1.54, 1.807) is 11.9 Å². The van der Waals surface area contributed by atoms with Crippen molar-refractivity contribution in [2.75, 3.05) is 11.9 Å². The molecule has 0 aliphatic rings. The summed E-state index contributed by atoms with van der Waals surface area (Å²) in [6.45, 7) is 8.00. The van der Waals surface area contributed by atoms with Crippen LogP contribution >= 0.6 is 0 Å². The van der Waals surface area contributed by atoms with Crippen LogP contribution in [0, 0.1) is 17.6 Å². The van der Waals surface area contributed by atoms with Crippen molar-refractivity contribution in [2.24, 2.45) is 11.7 Å². The summed E-state index contributed by atoms with van der Waals surface area (Å²) in [4.78, 5) is 1.68. The molecule has 0 spiro atoms. The zero-order valence-corrected chi connectivity index (χ0v) is 13.1. The highest BCUT2D eigenvalue weighted by Gasteiger charge is 2.20. The van der Waals surface area contributed by atoms with Crippen molar-refractivity contribution in [1.29, 1.82) is 0 Å². The van der Waals surface area contributed by atoms with Gasteiger partial charge in [0.2, 0.25) is 0 Å². The molecule has 114 valence electrons. The predicted molar refractivity (Wildman–Crippen MR) is 81.0 cm³/mol. The molecule has 0 aliphatic heterocycles. The third kappa shape index (κ3) is 4.44. The highest BCUT2D eigenvalue weighted by atomic mass is 19.1. The van der Waals surface area contributed by atoms with Gasteiger partial charge in [0, 0.05) is 19.1 Å². The minimum Gasteiger partial charge on any atom is -0.367 e. The smallest absolute Gasteiger partial charge is 0.149 e. The van der Waals surface area contributed by atoms with Crippen molar-refractivity contribution in [3.8, 4) is 0 Å². The molecule has 0 saturated heterocycles. The molecule has 0 heterocycles. The molecule has 0 bridgehead atoms. The number of benzene rings is 1. The van der Waals surface area contributed by atoms with E-state index < -0.39 is 11.6 Å². The zero-order valence-electron chi connectivity index (χ0n) is 13.1. The van der Waals surface area contributed by atoms with E-state index in [2.05, 4.69) is 13.8 Å². The topological polar surface area (TPSA) is 29.3 Å². The van der Waals surface area contributed by atoms with Gasteiger partial charge in [-0.05, 0) is 50.3 Å². The molecule has 2 nitrogen and oxygen atoms in total. The molecule has 1 aromatic rings. The number of halogens is 2. The van der Waals surface area contributed by atoms with Crippen molar-refractivity contribution in [2.45, 2.75) is 52.6 Å². The molecule has 0 saturated carbocycles. The van der Waals surface area contributed by atoms with Crippen LogP contribution in [0.2, 0.25) is 0 Å². The van der Waals surface area contributed by atoms with E-state index in [1.165, 1.54) is 12.1 Å². The molecule has 1 rings (SSSR count). The molecule has 0 aliphatic carbocycles. The lowest BCUT2D eigenvalue weighted by Gasteiger charge is -2.29. The quantitative estimate of drug-likeness (QED) is 0.862. The van der Waals surface area contributed by atoms with Gasteiger partial charge in [0.15, 0.2) is 0 Å². The molecular weight excluding hydrogens is 258 g/mol. The van der Waals surface area contributed by atoms with E-state index in [-0.39, 0.29) is 17.8 Å². The van der Waals surface area contributed by atoms with E-state index in [0.717, 1.165) is 6.42 Å². The second-order valence-electron chi connectivity index (χ2n) is 6.18. The minimum atomic E-state index is -0.515. The summed E-state index contributed by atoms with van der Waals surface area (Å²) in [6.07, 6.45) is 1.36. The Morgan fingerprint density at radius 1 is 1.10 bits per heavy atom. The summed E-state index contributed by atoms with van der Waals surface area (Å²) in [6, 6.07) is 2.75. The largest absolute Gasteiger partial charge is 0.367 e. The number of rotatable bonds is 6. The Balaban J connectivity index is 3.01. The van der Waals surface area contributed by atoms with Crippen LogP contribution < -0.4 is 10.6 Å². The average Bonchev–Trinajstić information content (AvgIpc) is 2.25. The lowest BCUT2D eigenvalue weighted by molar-refractivity contribution is 0.488. The van der Waals surface area contributed by atoms with Gasteiger partial charge in [-0.1, -0.05) is 13.8 Å². The first-order valence-electron chi connectivity index (χ1n) is 7.18. The van der Waals surface area contributed by atoms with Crippen LogP contribution in [-0.2, 0) is 6.42 Å². The van der Waals surface area contributed by atoms with Gasteiger partial charge in [0.25, 0.3) is 0 Å². The molecule has 1 aromatic carbocycles. The maximum absolute atomic E-state index is 14.2. The van der Waals surface area contributed by atoms with E-state index in [1.807, 2.05) is 13.8 Å². The van der Waals surface area contributed by atoms with Crippen molar-refractivity contribution in [1.82, 2.24) is 0 Å². The third-order valence-electron chi connectivity index (χ3n) is 3.46. The summed E-state index contributed by atoms with van der Waals surface area (Å²) in [5, 5.41) is 0. The molecule has 0 radical (unpaired) electrons. The van der Waals surface area contributed by atoms with E-state index in [4.69, 9.17) is 5.73 Å². The normalized spacial score (nSPS) is 14.4. The first-order valence-corrected chi connectivity index (χ1v) is 7.18. The first-order chi connectivity index (χ1) is 9.22. The summed E-state index contributed by atoms with van der Waals surface area (Å²) in [7, 11) is 1.74. The SMILES string of the molecule is CC(C)CC(C)N(C)c1c(F)cc(CC(C)N)cc1F. The Morgan fingerprint density at radius 3 is 2.00 bits per heavy atom. The van der Waals surface area contributed by atoms with Crippen molar-refractivity contribution >= 4 is 5.69 Å². The summed E-state index contributed by atoms with van der Waals surface area (Å²) < 4.78 is 28.4. The number of nitrogens with two attached hydrogens (primary N) is 1. The van der Waals surface area contributed by atoms with Gasteiger partial charge in [-0.3, -0.25) is 0 Å². The Kier molecular flexibility index (Phi) is 5.93. The molecule has 4 heteroatoms. The van der Waals surface area contributed by atoms with Crippen molar-refractivity contribution < 1.29 is 8.78 Å². The van der Waals surface area contributed by atoms with Gasteiger partial charge in [-0.15, -0.1) is 0 Å². The van der Waals surface area contributed by atoms with Crippen LogP contribution in [0.15, 0.2) is 12.1 Å². The zero-order chi connectivity index (χ0) is 15.4. The molecule has 2 unspecified atom stereocenters. The highest BCUT2D eigenvalue weighted by molar-refractivity contribution is 5.51. The van der Waals surface area contributed by atoms with Crippen LogP contribution in [0.5, 0.6) is 0 Å². The third-order valence-corrected chi connectivity index (χ3v) is 3.46. The van der Waals surface area contributed by atoms with Crippen LogP contribution in [-0.4, -0.2) is 19.1 Å². The molecule has 20 heavy (non-hydrogen) atoms. The maximum Gasteiger partial charge on any atom is 0.149 e. The summed E-state index contributed by atoms with van der Waals surface area (Å²) in [5.74, 6) is -0.548. The molecule has 0 fully saturated rings. The van der Waals surface area contributed by atoms with Crippen molar-refractivity contribution in [3.05, 3.63) is 29.3 Å². The Bertz CT molecular complexity index is 421. The second-order valence-corrected chi connectivity index (χ2v) is 6.18. The van der Waals surface area contributed by atoms with Crippen LogP contribution in [0.4, 0.5) is 14.5 Å². The lowest BCUT2D eigenvalue weighted by atomic mass is 10.0. The average molecular weight is 284 g/mol. The molecule has 0 amide bonds. The maximum atomic E-state index is 14.2. The van der Waals surface area contributed by atoms with Crippen LogP contribution in [0.25, 0.3) is 0 Å². The lowest BCUT2D eigenvalue weighted by Crippen LogP contribution is -2.31. The van der Waals surface area contributed by atoms with Gasteiger partial charge in [0.05, 0.1) is 0 Å². The molecule has 0 aromatic heterocycles. The molecule has 2 N–H and O–H groups in total. The Labute approximate surface area is 121 Å². The predicted octanol–water partition coefficient (Wildman–Crippen LogP) is 3.73. The summed E-state index contributed by atoms with van der Waals surface area (Å²) in [5.41, 5.74) is 6.32. The minimum absolute atomic E-state index is 0.0478. The fourth-order valence-corrected chi connectivity index (χ4v) is 2.51. The van der Waals surface area contributed by atoms with Crippen molar-refractivity contribution in [3.63, 3.8) is 0 Å². The van der Waals surface area contributed by atoms with E-state index in [9.17, 15) is 8.78 Å². The Morgan fingerprint density at radius 2 is 1.60 bits per heavy atom. The van der Waals surface area contributed by atoms with Gasteiger partial charge in [0.1, 0.15) is 17.3 Å². The van der Waals surface area contributed by atoms with Gasteiger partial charge in [-0.25, -0.2) is 8.78 Å². The number of hydrogen-bond acceptors (Lipinski definition) is 2. The molecular formula is C16H26F2N2. The number of anilines is 1. The highest BCUT2D eigenvalue weighted by Crippen LogP contribution is 2.27. The first kappa shape index (κ1) is 16.9. The standard InChI is InChI=1S/C16H26F2N2/c1-10(2)6-12(4)20(5)16-14(17)8-13(7-11(3)19)9-15(16)18/h8-12H,6-7,19H2,1-5H3. The number of nitrogens with zero attached hydrogens (tertiary/aromatic N) is 1. The fourth-order valence-electron chi connectivity index (χ4n) is 2.51.